The summed E-state index contributed by atoms with van der Waals surface area (Å²) in [4.78, 5) is 12.3. The van der Waals surface area contributed by atoms with Gasteiger partial charge in [0.15, 0.2) is 0 Å². The number of hydrogen-bond donors (Lipinski definition) is 1. The van der Waals surface area contributed by atoms with Crippen LogP contribution in [0.1, 0.15) is 46.1 Å². The zero-order valence-electron chi connectivity index (χ0n) is 11.3. The number of rotatable bonds is 5. The summed E-state index contributed by atoms with van der Waals surface area (Å²) in [6.45, 7) is 8.22. The van der Waals surface area contributed by atoms with Crippen LogP contribution in [0.15, 0.2) is 24.3 Å². The van der Waals surface area contributed by atoms with Crippen molar-refractivity contribution in [3.8, 4) is 0 Å². The van der Waals surface area contributed by atoms with Gasteiger partial charge in [-0.2, -0.15) is 0 Å². The second-order valence-electron chi connectivity index (χ2n) is 5.39. The van der Waals surface area contributed by atoms with Crippen LogP contribution in [0.4, 0.5) is 5.69 Å². The molecule has 1 rings (SSSR count). The first-order chi connectivity index (χ1) is 7.87. The first-order valence-corrected chi connectivity index (χ1v) is 6.27. The Morgan fingerprint density at radius 3 is 2.29 bits per heavy atom. The molecule has 17 heavy (non-hydrogen) atoms. The number of anilines is 1. The van der Waals surface area contributed by atoms with Crippen molar-refractivity contribution in [2.75, 3.05) is 5.73 Å². The van der Waals surface area contributed by atoms with E-state index >= 15 is 0 Å². The summed E-state index contributed by atoms with van der Waals surface area (Å²) in [6, 6.07) is 7.61. The molecule has 2 nitrogen and oxygen atoms in total. The maximum Gasteiger partial charge on any atom is 0.143 e. The van der Waals surface area contributed by atoms with Gasteiger partial charge < -0.3 is 5.73 Å². The summed E-state index contributed by atoms with van der Waals surface area (Å²) >= 11 is 0. The first-order valence-electron chi connectivity index (χ1n) is 6.27. The van der Waals surface area contributed by atoms with E-state index in [-0.39, 0.29) is 0 Å². The van der Waals surface area contributed by atoms with Gasteiger partial charge in [-0.15, -0.1) is 0 Å². The van der Waals surface area contributed by atoms with Crippen LogP contribution < -0.4 is 5.73 Å². The Hall–Kier alpha value is -1.31. The van der Waals surface area contributed by atoms with E-state index in [1.54, 1.807) is 0 Å². The van der Waals surface area contributed by atoms with Crippen molar-refractivity contribution in [1.82, 2.24) is 0 Å². The van der Waals surface area contributed by atoms with Crippen molar-refractivity contribution in [1.29, 1.82) is 0 Å². The Labute approximate surface area is 104 Å². The van der Waals surface area contributed by atoms with E-state index in [9.17, 15) is 4.79 Å². The molecular formula is C15H23NO. The molecule has 0 fully saturated rings. The summed E-state index contributed by atoms with van der Waals surface area (Å²) in [5, 5.41) is 0. The first kappa shape index (κ1) is 13.8. The molecule has 2 N–H and O–H groups in total. The number of hydrogen-bond acceptors (Lipinski definition) is 2. The van der Waals surface area contributed by atoms with Crippen molar-refractivity contribution in [3.63, 3.8) is 0 Å². The molecule has 94 valence electrons. The molecule has 1 aromatic carbocycles. The van der Waals surface area contributed by atoms with E-state index in [1.807, 2.05) is 38.1 Å². The fraction of sp³-hybridized carbons (Fsp3) is 0.533. The van der Waals surface area contributed by atoms with Gasteiger partial charge in [-0.05, 0) is 37.5 Å². The Kier molecular flexibility index (Phi) is 4.33. The van der Waals surface area contributed by atoms with Gasteiger partial charge in [0.05, 0.1) is 0 Å². The number of benzene rings is 1. The minimum absolute atomic E-state index is 0.302. The molecule has 0 amide bonds. The van der Waals surface area contributed by atoms with E-state index in [0.29, 0.717) is 18.1 Å². The Morgan fingerprint density at radius 2 is 1.82 bits per heavy atom. The Bertz CT molecular complexity index is 378. The minimum Gasteiger partial charge on any atom is -0.399 e. The fourth-order valence-corrected chi connectivity index (χ4v) is 1.78. The minimum atomic E-state index is -0.420. The third-order valence-electron chi connectivity index (χ3n) is 3.56. The topological polar surface area (TPSA) is 43.1 Å². The number of ketones is 1. The predicted molar refractivity (Wildman–Crippen MR) is 73.0 cm³/mol. The van der Waals surface area contributed by atoms with E-state index in [2.05, 4.69) is 13.8 Å². The molecule has 2 heteroatoms. The summed E-state index contributed by atoms with van der Waals surface area (Å²) in [7, 11) is 0. The number of carbonyl (C=O) groups excluding carboxylic acids is 1. The van der Waals surface area contributed by atoms with E-state index in [1.165, 1.54) is 0 Å². The number of Topliss-reactive ketones (excluding diaryl/α,β-unsaturated/α-hetero) is 1. The van der Waals surface area contributed by atoms with Crippen LogP contribution in [0.2, 0.25) is 0 Å². The molecular weight excluding hydrogens is 210 g/mol. The maximum atomic E-state index is 12.3. The van der Waals surface area contributed by atoms with Gasteiger partial charge in [-0.3, -0.25) is 4.79 Å². The molecule has 0 saturated heterocycles. The zero-order chi connectivity index (χ0) is 13.1. The molecule has 1 unspecified atom stereocenters. The molecule has 1 atom stereocenters. The molecule has 0 aliphatic carbocycles. The van der Waals surface area contributed by atoms with Crippen LogP contribution in [0.5, 0.6) is 0 Å². The summed E-state index contributed by atoms with van der Waals surface area (Å²) in [5.74, 6) is 0.757. The standard InChI is InChI=1S/C15H23NO/c1-5-11(2)10-14(17)15(3,4)12-6-8-13(16)9-7-12/h6-9,11H,5,10,16H2,1-4H3. The van der Waals surface area contributed by atoms with Crippen molar-refractivity contribution < 1.29 is 4.79 Å². The van der Waals surface area contributed by atoms with Crippen molar-refractivity contribution >= 4 is 11.5 Å². The fourth-order valence-electron chi connectivity index (χ4n) is 1.78. The summed E-state index contributed by atoms with van der Waals surface area (Å²) in [5.41, 5.74) is 7.02. The molecule has 0 aliphatic rings. The van der Waals surface area contributed by atoms with Crippen molar-refractivity contribution in [2.45, 2.75) is 46.0 Å². The number of nitrogens with two attached hydrogens (primary N) is 1. The third-order valence-corrected chi connectivity index (χ3v) is 3.56. The quantitative estimate of drug-likeness (QED) is 0.790. The van der Waals surface area contributed by atoms with E-state index in [0.717, 1.165) is 17.7 Å². The van der Waals surface area contributed by atoms with E-state index < -0.39 is 5.41 Å². The van der Waals surface area contributed by atoms with Crippen molar-refractivity contribution in [2.24, 2.45) is 5.92 Å². The molecule has 0 heterocycles. The van der Waals surface area contributed by atoms with Crippen molar-refractivity contribution in [3.05, 3.63) is 29.8 Å². The smallest absolute Gasteiger partial charge is 0.143 e. The molecule has 0 spiro atoms. The average molecular weight is 233 g/mol. The van der Waals surface area contributed by atoms with Gasteiger partial charge in [-0.25, -0.2) is 0 Å². The maximum absolute atomic E-state index is 12.3. The Morgan fingerprint density at radius 1 is 1.29 bits per heavy atom. The van der Waals surface area contributed by atoms with Gasteiger partial charge in [-0.1, -0.05) is 32.4 Å². The molecule has 0 radical (unpaired) electrons. The molecule has 0 aliphatic heterocycles. The van der Waals surface area contributed by atoms with Crippen LogP contribution in [0, 0.1) is 5.92 Å². The second-order valence-corrected chi connectivity index (χ2v) is 5.39. The largest absolute Gasteiger partial charge is 0.399 e. The predicted octanol–water partition coefficient (Wildman–Crippen LogP) is 3.55. The van der Waals surface area contributed by atoms with Crippen LogP contribution in [0.3, 0.4) is 0 Å². The van der Waals surface area contributed by atoms with Gasteiger partial charge in [0.1, 0.15) is 5.78 Å². The summed E-state index contributed by atoms with van der Waals surface area (Å²) < 4.78 is 0. The molecule has 0 saturated carbocycles. The zero-order valence-corrected chi connectivity index (χ0v) is 11.3. The lowest BCUT2D eigenvalue weighted by Gasteiger charge is -2.25. The lowest BCUT2D eigenvalue weighted by Crippen LogP contribution is -2.30. The average Bonchev–Trinajstić information content (AvgIpc) is 2.29. The molecule has 0 aromatic heterocycles. The van der Waals surface area contributed by atoms with Gasteiger partial charge in [0, 0.05) is 17.5 Å². The number of nitrogen functional groups attached to an aromatic ring is 1. The highest BCUT2D eigenvalue weighted by Crippen LogP contribution is 2.28. The van der Waals surface area contributed by atoms with Crippen LogP contribution in [0.25, 0.3) is 0 Å². The van der Waals surface area contributed by atoms with E-state index in [4.69, 9.17) is 5.73 Å². The van der Waals surface area contributed by atoms with Crippen LogP contribution in [-0.4, -0.2) is 5.78 Å². The molecule has 1 aromatic rings. The highest BCUT2D eigenvalue weighted by atomic mass is 16.1. The molecule has 0 bridgehead atoms. The summed E-state index contributed by atoms with van der Waals surface area (Å²) in [6.07, 6.45) is 1.69. The monoisotopic (exact) mass is 233 g/mol. The van der Waals surface area contributed by atoms with Gasteiger partial charge >= 0.3 is 0 Å². The SMILES string of the molecule is CCC(C)CC(=O)C(C)(C)c1ccc(N)cc1. The number of carbonyl (C=O) groups is 1. The second kappa shape index (κ2) is 5.35. The van der Waals surface area contributed by atoms with Gasteiger partial charge in [0.25, 0.3) is 0 Å². The Balaban J connectivity index is 2.86. The highest BCUT2D eigenvalue weighted by Gasteiger charge is 2.29. The van der Waals surface area contributed by atoms with Crippen LogP contribution in [-0.2, 0) is 10.2 Å². The van der Waals surface area contributed by atoms with Gasteiger partial charge in [0.2, 0.25) is 0 Å². The lowest BCUT2D eigenvalue weighted by atomic mass is 9.77. The van der Waals surface area contributed by atoms with Crippen LogP contribution >= 0.6 is 0 Å². The lowest BCUT2D eigenvalue weighted by molar-refractivity contribution is -0.124. The normalized spacial score (nSPS) is 13.4. The highest BCUT2D eigenvalue weighted by molar-refractivity contribution is 5.89. The third kappa shape index (κ3) is 3.32.